The number of hydrogen-bond donors (Lipinski definition) is 1. The Kier molecular flexibility index (Phi) is 4.05. The average molecular weight is 279 g/mol. The minimum atomic E-state index is -0.105. The monoisotopic (exact) mass is 279 g/mol. The molecule has 0 aliphatic heterocycles. The first-order valence-corrected chi connectivity index (χ1v) is 7.21. The van der Waals surface area contributed by atoms with E-state index in [-0.39, 0.29) is 5.56 Å². The molecule has 2 aromatic heterocycles. The van der Waals surface area contributed by atoms with Crippen molar-refractivity contribution in [1.82, 2.24) is 15.0 Å². The first-order chi connectivity index (χ1) is 10.3. The number of pyridine rings is 1. The van der Waals surface area contributed by atoms with Crippen LogP contribution in [0.25, 0.3) is 11.0 Å². The summed E-state index contributed by atoms with van der Waals surface area (Å²) in [6, 6.07) is 13.9. The van der Waals surface area contributed by atoms with Gasteiger partial charge in [-0.2, -0.15) is 0 Å². The van der Waals surface area contributed by atoms with Gasteiger partial charge in [0.2, 0.25) is 0 Å². The van der Waals surface area contributed by atoms with Crippen molar-refractivity contribution in [2.45, 2.75) is 25.7 Å². The maximum Gasteiger partial charge on any atom is 0.260 e. The second-order valence-electron chi connectivity index (χ2n) is 5.08. The van der Waals surface area contributed by atoms with Gasteiger partial charge in [0.05, 0.1) is 5.39 Å². The van der Waals surface area contributed by atoms with Gasteiger partial charge in [0.25, 0.3) is 5.56 Å². The van der Waals surface area contributed by atoms with Gasteiger partial charge in [-0.15, -0.1) is 0 Å². The lowest BCUT2D eigenvalue weighted by Gasteiger charge is -2.03. The number of nitrogens with zero attached hydrogens (tertiary/aromatic N) is 2. The van der Waals surface area contributed by atoms with Gasteiger partial charge in [-0.05, 0) is 37.0 Å². The van der Waals surface area contributed by atoms with E-state index < -0.39 is 0 Å². The highest BCUT2D eigenvalue weighted by Crippen LogP contribution is 2.08. The Morgan fingerprint density at radius 1 is 0.952 bits per heavy atom. The molecule has 0 unspecified atom stereocenters. The molecule has 2 heterocycles. The highest BCUT2D eigenvalue weighted by Gasteiger charge is 2.04. The van der Waals surface area contributed by atoms with E-state index >= 15 is 0 Å². The number of benzene rings is 1. The predicted octanol–water partition coefficient (Wildman–Crippen LogP) is 2.88. The molecule has 1 N–H and O–H groups in total. The first-order valence-electron chi connectivity index (χ1n) is 7.21. The van der Waals surface area contributed by atoms with Crippen LogP contribution >= 0.6 is 0 Å². The summed E-state index contributed by atoms with van der Waals surface area (Å²) < 4.78 is 0. The minimum Gasteiger partial charge on any atom is -0.310 e. The molecule has 0 aliphatic carbocycles. The Morgan fingerprint density at radius 2 is 1.76 bits per heavy atom. The maximum absolute atomic E-state index is 11.9. The number of nitrogens with one attached hydrogen (secondary N) is 1. The largest absolute Gasteiger partial charge is 0.310 e. The van der Waals surface area contributed by atoms with Crippen LogP contribution in [0.15, 0.2) is 53.5 Å². The van der Waals surface area contributed by atoms with Crippen molar-refractivity contribution in [1.29, 1.82) is 0 Å². The molecule has 0 atom stereocenters. The molecule has 106 valence electrons. The van der Waals surface area contributed by atoms with Crippen LogP contribution in [0.3, 0.4) is 0 Å². The molecule has 1 aromatic carbocycles. The summed E-state index contributed by atoms with van der Waals surface area (Å²) in [4.78, 5) is 23.3. The van der Waals surface area contributed by atoms with Crippen molar-refractivity contribution in [2.75, 3.05) is 0 Å². The summed E-state index contributed by atoms with van der Waals surface area (Å²) >= 11 is 0. The fourth-order valence-electron chi connectivity index (χ4n) is 2.40. The molecular formula is C17H17N3O. The Morgan fingerprint density at radius 3 is 2.62 bits per heavy atom. The summed E-state index contributed by atoms with van der Waals surface area (Å²) in [6.45, 7) is 0. The van der Waals surface area contributed by atoms with Crippen molar-refractivity contribution in [2.24, 2.45) is 0 Å². The van der Waals surface area contributed by atoms with Crippen LogP contribution < -0.4 is 5.56 Å². The lowest BCUT2D eigenvalue weighted by molar-refractivity contribution is 0.707. The summed E-state index contributed by atoms with van der Waals surface area (Å²) in [6.07, 6.45) is 5.56. The Balaban J connectivity index is 1.62. The number of fused-ring (bicyclic) bond motifs is 1. The van der Waals surface area contributed by atoms with Crippen LogP contribution in [0.5, 0.6) is 0 Å². The number of aromatic nitrogens is 3. The smallest absolute Gasteiger partial charge is 0.260 e. The van der Waals surface area contributed by atoms with Crippen LogP contribution in [-0.4, -0.2) is 15.0 Å². The second kappa shape index (κ2) is 6.31. The van der Waals surface area contributed by atoms with Crippen LogP contribution in [0, 0.1) is 0 Å². The predicted molar refractivity (Wildman–Crippen MR) is 83.2 cm³/mol. The maximum atomic E-state index is 11.9. The third-order valence-corrected chi connectivity index (χ3v) is 3.50. The fraction of sp³-hybridized carbons (Fsp3) is 0.235. The molecule has 4 heteroatoms. The van der Waals surface area contributed by atoms with Gasteiger partial charge in [0, 0.05) is 12.6 Å². The first kappa shape index (κ1) is 13.5. The quantitative estimate of drug-likeness (QED) is 0.731. The van der Waals surface area contributed by atoms with E-state index in [4.69, 9.17) is 0 Å². The summed E-state index contributed by atoms with van der Waals surface area (Å²) in [5.74, 6) is 0.722. The van der Waals surface area contributed by atoms with E-state index in [0.717, 1.165) is 31.5 Å². The number of aromatic amines is 1. The molecule has 21 heavy (non-hydrogen) atoms. The third-order valence-electron chi connectivity index (χ3n) is 3.50. The van der Waals surface area contributed by atoms with Crippen LogP contribution in [0.1, 0.15) is 24.2 Å². The number of unbranched alkanes of at least 4 members (excludes halogenated alkanes) is 1. The van der Waals surface area contributed by atoms with Crippen molar-refractivity contribution in [3.05, 3.63) is 70.4 Å². The molecule has 3 rings (SSSR count). The number of aryl methyl sites for hydroxylation is 2. The molecule has 0 amide bonds. The van der Waals surface area contributed by atoms with Crippen LogP contribution in [0.2, 0.25) is 0 Å². The number of hydrogen-bond acceptors (Lipinski definition) is 3. The van der Waals surface area contributed by atoms with Crippen molar-refractivity contribution >= 4 is 11.0 Å². The van der Waals surface area contributed by atoms with Crippen molar-refractivity contribution < 1.29 is 0 Å². The van der Waals surface area contributed by atoms with Gasteiger partial charge in [-0.3, -0.25) is 4.79 Å². The van der Waals surface area contributed by atoms with E-state index in [9.17, 15) is 4.79 Å². The van der Waals surface area contributed by atoms with E-state index in [2.05, 4.69) is 39.2 Å². The van der Waals surface area contributed by atoms with E-state index in [1.165, 1.54) is 5.56 Å². The minimum absolute atomic E-state index is 0.105. The molecule has 0 bridgehead atoms. The molecule has 0 aliphatic rings. The number of H-pyrrole nitrogens is 1. The Bertz CT molecular complexity index is 781. The molecule has 0 fully saturated rings. The Labute approximate surface area is 122 Å². The third kappa shape index (κ3) is 3.34. The highest BCUT2D eigenvalue weighted by molar-refractivity contribution is 5.72. The van der Waals surface area contributed by atoms with Gasteiger partial charge < -0.3 is 4.98 Å². The zero-order valence-electron chi connectivity index (χ0n) is 11.7. The highest BCUT2D eigenvalue weighted by atomic mass is 16.1. The van der Waals surface area contributed by atoms with Gasteiger partial charge in [0.1, 0.15) is 5.82 Å². The SMILES string of the molecule is O=c1[nH]c(CCCCc2ccccc2)nc2ncccc12. The molecule has 0 spiro atoms. The zero-order valence-corrected chi connectivity index (χ0v) is 11.7. The van der Waals surface area contributed by atoms with Gasteiger partial charge in [0.15, 0.2) is 5.65 Å². The summed E-state index contributed by atoms with van der Waals surface area (Å²) in [5, 5.41) is 0.547. The van der Waals surface area contributed by atoms with Gasteiger partial charge >= 0.3 is 0 Å². The molecule has 3 aromatic rings. The lowest BCUT2D eigenvalue weighted by atomic mass is 10.1. The van der Waals surface area contributed by atoms with Crippen LogP contribution in [-0.2, 0) is 12.8 Å². The van der Waals surface area contributed by atoms with Crippen LogP contribution in [0.4, 0.5) is 0 Å². The zero-order chi connectivity index (χ0) is 14.5. The number of rotatable bonds is 5. The molecular weight excluding hydrogens is 262 g/mol. The molecule has 0 saturated carbocycles. The molecule has 0 radical (unpaired) electrons. The standard InChI is InChI=1S/C17H17N3O/c21-17-14-10-6-12-18-16(14)19-15(20-17)11-5-4-9-13-7-2-1-3-8-13/h1-3,6-8,10,12H,4-5,9,11H2,(H,18,19,20,21). The summed E-state index contributed by atoms with van der Waals surface area (Å²) in [5.41, 5.74) is 1.77. The Hall–Kier alpha value is -2.49. The summed E-state index contributed by atoms with van der Waals surface area (Å²) in [7, 11) is 0. The lowest BCUT2D eigenvalue weighted by Crippen LogP contribution is -2.12. The van der Waals surface area contributed by atoms with Gasteiger partial charge in [-0.1, -0.05) is 30.3 Å². The van der Waals surface area contributed by atoms with Crippen molar-refractivity contribution in [3.8, 4) is 0 Å². The van der Waals surface area contributed by atoms with Gasteiger partial charge in [-0.25, -0.2) is 9.97 Å². The normalized spacial score (nSPS) is 10.9. The van der Waals surface area contributed by atoms with E-state index in [1.54, 1.807) is 18.3 Å². The topological polar surface area (TPSA) is 58.6 Å². The van der Waals surface area contributed by atoms with E-state index in [1.807, 2.05) is 6.07 Å². The average Bonchev–Trinajstić information content (AvgIpc) is 2.53. The van der Waals surface area contributed by atoms with Crippen molar-refractivity contribution in [3.63, 3.8) is 0 Å². The van der Waals surface area contributed by atoms with E-state index in [0.29, 0.717) is 11.0 Å². The molecule has 4 nitrogen and oxygen atoms in total. The second-order valence-corrected chi connectivity index (χ2v) is 5.08. The molecule has 0 saturated heterocycles. The fourth-order valence-corrected chi connectivity index (χ4v) is 2.40.